The van der Waals surface area contributed by atoms with Crippen LogP contribution < -0.4 is 0 Å². The van der Waals surface area contributed by atoms with Crippen LogP contribution in [0.4, 0.5) is 0 Å². The molecule has 0 saturated carbocycles. The van der Waals surface area contributed by atoms with Gasteiger partial charge >= 0.3 is 0 Å². The van der Waals surface area contributed by atoms with Gasteiger partial charge in [0.1, 0.15) is 0 Å². The summed E-state index contributed by atoms with van der Waals surface area (Å²) < 4.78 is 7.36. The zero-order chi connectivity index (χ0) is 18.5. The van der Waals surface area contributed by atoms with Crippen LogP contribution in [-0.2, 0) is 17.8 Å². The van der Waals surface area contributed by atoms with E-state index in [0.29, 0.717) is 0 Å². The van der Waals surface area contributed by atoms with E-state index in [2.05, 4.69) is 49.6 Å². The summed E-state index contributed by atoms with van der Waals surface area (Å²) in [4.78, 5) is 4.74. The summed E-state index contributed by atoms with van der Waals surface area (Å²) >= 11 is 0. The van der Waals surface area contributed by atoms with Crippen molar-refractivity contribution in [1.29, 1.82) is 0 Å². The minimum absolute atomic E-state index is 0.141. The predicted octanol–water partition coefficient (Wildman–Crippen LogP) is 0.703. The van der Waals surface area contributed by atoms with E-state index in [9.17, 15) is 5.11 Å². The van der Waals surface area contributed by atoms with Crippen LogP contribution in [-0.4, -0.2) is 80.6 Å². The Morgan fingerprint density at radius 2 is 1.89 bits per heavy atom. The normalized spacial score (nSPS) is 24.5. The van der Waals surface area contributed by atoms with Gasteiger partial charge in [0.15, 0.2) is 5.82 Å². The molecule has 8 heteroatoms. The summed E-state index contributed by atoms with van der Waals surface area (Å²) in [7, 11) is 0. The Bertz CT molecular complexity index is 703. The van der Waals surface area contributed by atoms with Gasteiger partial charge in [-0.3, -0.25) is 9.80 Å². The number of ether oxygens (including phenoxy) is 1. The zero-order valence-electron chi connectivity index (χ0n) is 15.7. The van der Waals surface area contributed by atoms with Crippen molar-refractivity contribution in [2.24, 2.45) is 0 Å². The van der Waals surface area contributed by atoms with E-state index in [1.807, 2.05) is 10.7 Å². The lowest BCUT2D eigenvalue weighted by Crippen LogP contribution is -2.39. The van der Waals surface area contributed by atoms with E-state index in [1.54, 1.807) is 0 Å². The van der Waals surface area contributed by atoms with E-state index in [0.717, 1.165) is 64.6 Å². The molecule has 2 saturated heterocycles. The van der Waals surface area contributed by atoms with E-state index < -0.39 is 0 Å². The largest absolute Gasteiger partial charge is 0.395 e. The lowest BCUT2D eigenvalue weighted by Gasteiger charge is -2.29. The third kappa shape index (κ3) is 4.35. The van der Waals surface area contributed by atoms with Crippen LogP contribution in [0.25, 0.3) is 0 Å². The number of hydrogen-bond donors (Lipinski definition) is 1. The second kappa shape index (κ2) is 8.88. The molecule has 2 aliphatic rings. The molecule has 1 aromatic heterocycles. The summed E-state index contributed by atoms with van der Waals surface area (Å²) in [6.07, 6.45) is 1.93. The lowest BCUT2D eigenvalue weighted by molar-refractivity contribution is 0.0355. The van der Waals surface area contributed by atoms with Crippen molar-refractivity contribution in [2.75, 3.05) is 39.5 Å². The smallest absolute Gasteiger partial charge is 0.168 e. The Hall–Kier alpha value is -1.87. The molecule has 2 atom stereocenters. The molecule has 0 bridgehead atoms. The lowest BCUT2D eigenvalue weighted by atomic mass is 10.1. The first-order valence-corrected chi connectivity index (χ1v) is 9.82. The number of hydrogen-bond acceptors (Lipinski definition) is 7. The van der Waals surface area contributed by atoms with Crippen LogP contribution in [0.5, 0.6) is 0 Å². The number of nitrogens with zero attached hydrogens (tertiary/aromatic N) is 6. The molecule has 0 aliphatic carbocycles. The van der Waals surface area contributed by atoms with Crippen molar-refractivity contribution in [3.8, 4) is 0 Å². The van der Waals surface area contributed by atoms with Crippen LogP contribution in [0, 0.1) is 0 Å². The van der Waals surface area contributed by atoms with Gasteiger partial charge in [-0.05, 0) is 28.8 Å². The molecular weight excluding hydrogens is 344 g/mol. The van der Waals surface area contributed by atoms with E-state index >= 15 is 0 Å². The maximum absolute atomic E-state index is 9.85. The number of aromatic nitrogens is 4. The zero-order valence-corrected chi connectivity index (χ0v) is 15.7. The summed E-state index contributed by atoms with van der Waals surface area (Å²) in [5.74, 6) is 0.912. The van der Waals surface area contributed by atoms with Crippen molar-refractivity contribution >= 4 is 0 Å². The molecule has 2 aromatic rings. The minimum Gasteiger partial charge on any atom is -0.395 e. The van der Waals surface area contributed by atoms with Crippen LogP contribution in [0.15, 0.2) is 30.3 Å². The summed E-state index contributed by atoms with van der Waals surface area (Å²) in [5.41, 5.74) is 1.25. The number of rotatable bonds is 7. The number of aliphatic hydroxyl groups excluding tert-OH is 1. The number of likely N-dealkylation sites (tertiary alicyclic amines) is 1. The maximum Gasteiger partial charge on any atom is 0.168 e. The van der Waals surface area contributed by atoms with Gasteiger partial charge in [-0.1, -0.05) is 30.3 Å². The predicted molar refractivity (Wildman–Crippen MR) is 99.9 cm³/mol. The topological polar surface area (TPSA) is 79.5 Å². The molecular formula is C19H28N6O2. The molecule has 0 radical (unpaired) electrons. The molecule has 2 fully saturated rings. The molecule has 1 aromatic carbocycles. The fraction of sp³-hybridized carbons (Fsp3) is 0.632. The minimum atomic E-state index is 0.141. The molecule has 146 valence electrons. The first kappa shape index (κ1) is 18.5. The molecule has 0 amide bonds. The number of aliphatic hydroxyl groups is 1. The standard InChI is InChI=1S/C19H28N6O2/c26-15-17-6-7-18(24(17)14-16-4-2-1-3-5-16)19-20-21-22-25(19)9-8-23-10-12-27-13-11-23/h1-5,17-18,26H,6-15H2/t17-,18-/m0/s1. The van der Waals surface area contributed by atoms with E-state index in [-0.39, 0.29) is 18.7 Å². The summed E-state index contributed by atoms with van der Waals surface area (Å²) in [6.45, 7) is 6.20. The number of morpholine rings is 1. The number of benzene rings is 1. The summed E-state index contributed by atoms with van der Waals surface area (Å²) in [6, 6.07) is 10.7. The fourth-order valence-electron chi connectivity index (χ4n) is 4.11. The Balaban J connectivity index is 1.47. The molecule has 1 N–H and O–H groups in total. The maximum atomic E-state index is 9.85. The second-order valence-corrected chi connectivity index (χ2v) is 7.30. The highest BCUT2D eigenvalue weighted by Gasteiger charge is 2.37. The van der Waals surface area contributed by atoms with E-state index in [4.69, 9.17) is 4.74 Å². The Labute approximate surface area is 159 Å². The van der Waals surface area contributed by atoms with Gasteiger partial charge in [-0.25, -0.2) is 4.68 Å². The van der Waals surface area contributed by atoms with Crippen LogP contribution in [0.3, 0.4) is 0 Å². The molecule has 4 rings (SSSR count). The van der Waals surface area contributed by atoms with Crippen LogP contribution in [0.2, 0.25) is 0 Å². The average Bonchev–Trinajstić information content (AvgIpc) is 3.34. The first-order valence-electron chi connectivity index (χ1n) is 9.82. The monoisotopic (exact) mass is 372 g/mol. The third-order valence-corrected chi connectivity index (χ3v) is 5.65. The van der Waals surface area contributed by atoms with Crippen molar-refractivity contribution in [3.05, 3.63) is 41.7 Å². The second-order valence-electron chi connectivity index (χ2n) is 7.30. The van der Waals surface area contributed by atoms with Gasteiger partial charge in [0, 0.05) is 32.2 Å². The molecule has 8 nitrogen and oxygen atoms in total. The Morgan fingerprint density at radius 1 is 1.07 bits per heavy atom. The molecule has 2 aliphatic heterocycles. The van der Waals surface area contributed by atoms with Crippen molar-refractivity contribution in [1.82, 2.24) is 30.0 Å². The highest BCUT2D eigenvalue weighted by Crippen LogP contribution is 2.36. The quantitative estimate of drug-likeness (QED) is 0.766. The van der Waals surface area contributed by atoms with Gasteiger partial charge in [-0.2, -0.15) is 0 Å². The van der Waals surface area contributed by atoms with Crippen molar-refractivity contribution in [3.63, 3.8) is 0 Å². The number of tetrazole rings is 1. The van der Waals surface area contributed by atoms with Gasteiger partial charge in [0.2, 0.25) is 0 Å². The molecule has 27 heavy (non-hydrogen) atoms. The SMILES string of the molecule is OC[C@@H]1CC[C@@H](c2nnnn2CCN2CCOCC2)N1Cc1ccccc1. The van der Waals surface area contributed by atoms with Crippen molar-refractivity contribution in [2.45, 2.75) is 38.0 Å². The van der Waals surface area contributed by atoms with Gasteiger partial charge in [0.05, 0.1) is 32.4 Å². The third-order valence-electron chi connectivity index (χ3n) is 5.65. The highest BCUT2D eigenvalue weighted by molar-refractivity contribution is 5.16. The van der Waals surface area contributed by atoms with E-state index in [1.165, 1.54) is 5.56 Å². The highest BCUT2D eigenvalue weighted by atomic mass is 16.5. The van der Waals surface area contributed by atoms with Gasteiger partial charge in [-0.15, -0.1) is 5.10 Å². The fourth-order valence-corrected chi connectivity index (χ4v) is 4.11. The summed E-state index contributed by atoms with van der Waals surface area (Å²) in [5, 5.41) is 22.4. The Morgan fingerprint density at radius 3 is 2.67 bits per heavy atom. The van der Waals surface area contributed by atoms with Crippen LogP contribution in [0.1, 0.15) is 30.3 Å². The average molecular weight is 372 g/mol. The first-order chi connectivity index (χ1) is 13.3. The van der Waals surface area contributed by atoms with Crippen molar-refractivity contribution < 1.29 is 9.84 Å². The molecule has 0 spiro atoms. The van der Waals surface area contributed by atoms with Crippen LogP contribution >= 0.6 is 0 Å². The molecule has 0 unspecified atom stereocenters. The molecule has 3 heterocycles. The van der Waals surface area contributed by atoms with Gasteiger partial charge in [0.25, 0.3) is 0 Å². The van der Waals surface area contributed by atoms with Gasteiger partial charge < -0.3 is 9.84 Å². The Kier molecular flexibility index (Phi) is 6.08.